The van der Waals surface area contributed by atoms with Crippen molar-refractivity contribution in [3.05, 3.63) is 46.5 Å². The lowest BCUT2D eigenvalue weighted by Crippen LogP contribution is -2.21. The quantitative estimate of drug-likeness (QED) is 0.931. The molecule has 0 saturated carbocycles. The molecule has 0 saturated heterocycles. The molecule has 0 fully saturated rings. The minimum absolute atomic E-state index is 0.0798. The van der Waals surface area contributed by atoms with E-state index in [0.29, 0.717) is 12.1 Å². The molecule has 0 aliphatic heterocycles. The van der Waals surface area contributed by atoms with Gasteiger partial charge in [0.1, 0.15) is 11.5 Å². The Kier molecular flexibility index (Phi) is 4.23. The Balaban J connectivity index is 2.36. The Morgan fingerprint density at radius 3 is 2.50 bits per heavy atom. The van der Waals surface area contributed by atoms with Crippen LogP contribution < -0.4 is 5.73 Å². The van der Waals surface area contributed by atoms with E-state index in [1.54, 1.807) is 16.8 Å². The van der Waals surface area contributed by atoms with Crippen LogP contribution in [0, 0.1) is 26.6 Å². The van der Waals surface area contributed by atoms with Gasteiger partial charge in [0, 0.05) is 11.7 Å². The molecule has 0 radical (unpaired) electrons. The summed E-state index contributed by atoms with van der Waals surface area (Å²) in [7, 11) is 0. The fourth-order valence-corrected chi connectivity index (χ4v) is 2.25. The molecule has 0 bridgehead atoms. The molecule has 2 N–H and O–H groups in total. The van der Waals surface area contributed by atoms with Crippen LogP contribution >= 0.6 is 0 Å². The van der Waals surface area contributed by atoms with Crippen molar-refractivity contribution in [3.8, 4) is 5.69 Å². The summed E-state index contributed by atoms with van der Waals surface area (Å²) in [4.78, 5) is 0. The first-order chi connectivity index (χ1) is 9.43. The Morgan fingerprint density at radius 2 is 2.00 bits per heavy atom. The zero-order valence-corrected chi connectivity index (χ0v) is 12.6. The van der Waals surface area contributed by atoms with Gasteiger partial charge in [0.05, 0.1) is 5.69 Å². The number of aromatic nitrogens is 2. The van der Waals surface area contributed by atoms with Crippen LogP contribution in [0.15, 0.2) is 18.2 Å². The van der Waals surface area contributed by atoms with Gasteiger partial charge in [0.2, 0.25) is 0 Å². The van der Waals surface area contributed by atoms with E-state index in [-0.39, 0.29) is 11.9 Å². The Hall–Kier alpha value is -1.68. The van der Waals surface area contributed by atoms with Crippen LogP contribution in [-0.2, 0) is 6.42 Å². The summed E-state index contributed by atoms with van der Waals surface area (Å²) in [5.41, 5.74) is 10.3. The Labute approximate surface area is 119 Å². The van der Waals surface area contributed by atoms with Crippen LogP contribution in [0.2, 0.25) is 0 Å². The zero-order chi connectivity index (χ0) is 14.9. The highest BCUT2D eigenvalue weighted by molar-refractivity contribution is 5.40. The summed E-state index contributed by atoms with van der Waals surface area (Å²) >= 11 is 0. The van der Waals surface area contributed by atoms with Crippen molar-refractivity contribution >= 4 is 0 Å². The lowest BCUT2D eigenvalue weighted by Gasteiger charge is -2.11. The second-order valence-electron chi connectivity index (χ2n) is 5.37. The Bertz CT molecular complexity index is 616. The van der Waals surface area contributed by atoms with Crippen LogP contribution in [0.5, 0.6) is 0 Å². The highest BCUT2D eigenvalue weighted by Crippen LogP contribution is 2.20. The highest BCUT2D eigenvalue weighted by atomic mass is 19.1. The number of nitrogens with zero attached hydrogens (tertiary/aromatic N) is 2. The molecule has 1 unspecified atom stereocenters. The lowest BCUT2D eigenvalue weighted by atomic mass is 10.0. The van der Waals surface area contributed by atoms with E-state index in [1.807, 2.05) is 33.8 Å². The van der Waals surface area contributed by atoms with Gasteiger partial charge < -0.3 is 5.73 Å². The topological polar surface area (TPSA) is 43.8 Å². The second kappa shape index (κ2) is 5.75. The number of hydrogen-bond donors (Lipinski definition) is 1. The van der Waals surface area contributed by atoms with Gasteiger partial charge in [-0.25, -0.2) is 9.07 Å². The number of rotatable bonds is 4. The summed E-state index contributed by atoms with van der Waals surface area (Å²) < 4.78 is 16.0. The van der Waals surface area contributed by atoms with E-state index in [1.165, 1.54) is 0 Å². The molecular formula is C16H22FN3. The maximum atomic E-state index is 14.3. The predicted octanol–water partition coefficient (Wildman–Crippen LogP) is 3.22. The van der Waals surface area contributed by atoms with Crippen LogP contribution in [-0.4, -0.2) is 15.8 Å². The molecule has 0 amide bonds. The zero-order valence-electron chi connectivity index (χ0n) is 12.6. The summed E-state index contributed by atoms with van der Waals surface area (Å²) in [5.74, 6) is -0.253. The maximum Gasteiger partial charge on any atom is 0.149 e. The van der Waals surface area contributed by atoms with Crippen molar-refractivity contribution in [1.82, 2.24) is 9.78 Å². The highest BCUT2D eigenvalue weighted by Gasteiger charge is 2.13. The lowest BCUT2D eigenvalue weighted by molar-refractivity contribution is 0.599. The largest absolute Gasteiger partial charge is 0.327 e. The molecular weight excluding hydrogens is 253 g/mol. The van der Waals surface area contributed by atoms with Gasteiger partial charge in [-0.05, 0) is 56.9 Å². The normalized spacial score (nSPS) is 12.7. The van der Waals surface area contributed by atoms with E-state index in [2.05, 4.69) is 5.10 Å². The number of nitrogens with two attached hydrogens (primary N) is 1. The summed E-state index contributed by atoms with van der Waals surface area (Å²) in [6.45, 7) is 7.93. The molecule has 2 rings (SSSR count). The smallest absolute Gasteiger partial charge is 0.149 e. The Morgan fingerprint density at radius 1 is 1.30 bits per heavy atom. The molecule has 0 aliphatic carbocycles. The molecule has 20 heavy (non-hydrogen) atoms. The molecule has 1 aromatic heterocycles. The molecule has 1 atom stereocenters. The number of hydrogen-bond acceptors (Lipinski definition) is 2. The summed E-state index contributed by atoms with van der Waals surface area (Å²) in [5, 5.41) is 4.40. The molecule has 1 aromatic carbocycles. The average Bonchev–Trinajstić information content (AvgIpc) is 2.66. The first-order valence-corrected chi connectivity index (χ1v) is 7.01. The minimum Gasteiger partial charge on any atom is -0.327 e. The van der Waals surface area contributed by atoms with Crippen LogP contribution in [0.25, 0.3) is 5.69 Å². The number of halogens is 1. The molecule has 1 heterocycles. The van der Waals surface area contributed by atoms with Gasteiger partial charge in [-0.2, -0.15) is 5.10 Å². The number of benzene rings is 1. The van der Waals surface area contributed by atoms with Gasteiger partial charge in [0.25, 0.3) is 0 Å². The van der Waals surface area contributed by atoms with E-state index < -0.39 is 0 Å². The van der Waals surface area contributed by atoms with E-state index in [4.69, 9.17) is 5.73 Å². The van der Waals surface area contributed by atoms with Crippen LogP contribution in [0.3, 0.4) is 0 Å². The fraction of sp³-hybridized carbons (Fsp3) is 0.438. The van der Waals surface area contributed by atoms with Crippen molar-refractivity contribution < 1.29 is 4.39 Å². The molecule has 0 aliphatic rings. The first-order valence-electron chi connectivity index (χ1n) is 7.01. The maximum absolute atomic E-state index is 14.3. The third-order valence-electron chi connectivity index (χ3n) is 3.92. The van der Waals surface area contributed by atoms with Gasteiger partial charge in [-0.3, -0.25) is 0 Å². The summed E-state index contributed by atoms with van der Waals surface area (Å²) in [6.07, 6.45) is 1.59. The van der Waals surface area contributed by atoms with Gasteiger partial charge in [0.15, 0.2) is 0 Å². The molecule has 108 valence electrons. The second-order valence-corrected chi connectivity index (χ2v) is 5.37. The molecule has 3 nitrogen and oxygen atoms in total. The van der Waals surface area contributed by atoms with E-state index in [0.717, 1.165) is 28.9 Å². The van der Waals surface area contributed by atoms with Crippen molar-refractivity contribution in [2.24, 2.45) is 5.73 Å². The predicted molar refractivity (Wildman–Crippen MR) is 79.7 cm³/mol. The van der Waals surface area contributed by atoms with Gasteiger partial charge in [-0.15, -0.1) is 0 Å². The molecule has 2 aromatic rings. The van der Waals surface area contributed by atoms with E-state index >= 15 is 0 Å². The first kappa shape index (κ1) is 14.7. The summed E-state index contributed by atoms with van der Waals surface area (Å²) in [6, 6.07) is 5.36. The van der Waals surface area contributed by atoms with Crippen molar-refractivity contribution in [3.63, 3.8) is 0 Å². The fourth-order valence-electron chi connectivity index (χ4n) is 2.25. The standard InChI is InChI=1S/C16H22FN3/c1-5-14(18)8-13-6-7-16(15(17)9-13)20-12(4)10(2)11(3)19-20/h6-7,9,14H,5,8,18H2,1-4H3. The van der Waals surface area contributed by atoms with E-state index in [9.17, 15) is 4.39 Å². The molecule has 4 heteroatoms. The van der Waals surface area contributed by atoms with Crippen molar-refractivity contribution in [1.29, 1.82) is 0 Å². The SMILES string of the molecule is CCC(N)Cc1ccc(-n2nc(C)c(C)c2C)c(F)c1. The monoisotopic (exact) mass is 275 g/mol. The van der Waals surface area contributed by atoms with Gasteiger partial charge in [-0.1, -0.05) is 13.0 Å². The van der Waals surface area contributed by atoms with Crippen molar-refractivity contribution in [2.75, 3.05) is 0 Å². The minimum atomic E-state index is -0.253. The van der Waals surface area contributed by atoms with Crippen LogP contribution in [0.1, 0.15) is 35.9 Å². The van der Waals surface area contributed by atoms with Crippen molar-refractivity contribution in [2.45, 2.75) is 46.6 Å². The number of aryl methyl sites for hydroxylation is 1. The third-order valence-corrected chi connectivity index (χ3v) is 3.92. The molecule has 0 spiro atoms. The van der Waals surface area contributed by atoms with Crippen LogP contribution in [0.4, 0.5) is 4.39 Å². The van der Waals surface area contributed by atoms with Gasteiger partial charge >= 0.3 is 0 Å². The third kappa shape index (κ3) is 2.75. The average molecular weight is 275 g/mol.